The average molecular weight is 631 g/mol. The van der Waals surface area contributed by atoms with Crippen LogP contribution >= 0.6 is 6.72 Å². The van der Waals surface area contributed by atoms with E-state index in [-0.39, 0.29) is 28.3 Å². The molecule has 1 aliphatic carbocycles. The van der Waals surface area contributed by atoms with E-state index in [9.17, 15) is 24.7 Å². The van der Waals surface area contributed by atoms with Crippen molar-refractivity contribution in [2.24, 2.45) is 0 Å². The zero-order chi connectivity index (χ0) is 29.7. The van der Waals surface area contributed by atoms with Gasteiger partial charge in [-0.1, -0.05) is 0 Å². The number of H-pyrrole nitrogens is 2. The highest BCUT2D eigenvalue weighted by atomic mass is 32.5. The molecule has 18 nitrogen and oxygen atoms in total. The summed E-state index contributed by atoms with van der Waals surface area (Å²) < 4.78 is 55.1. The number of nitrogens with zero attached hydrogens (tertiary/aromatic N) is 6. The minimum atomic E-state index is -4.48. The molecular weight excluding hydrogens is 611 g/mol. The monoisotopic (exact) mass is 631 g/mol. The Bertz CT molecular complexity index is 1890. The van der Waals surface area contributed by atoms with Crippen molar-refractivity contribution < 1.29 is 42.4 Å². The van der Waals surface area contributed by atoms with E-state index < -0.39 is 79.3 Å². The van der Waals surface area contributed by atoms with Crippen LogP contribution < -0.4 is 16.9 Å². The summed E-state index contributed by atoms with van der Waals surface area (Å²) in [5.74, 6) is -0.269. The number of hydrogen-bond donors (Lipinski definition) is 6. The van der Waals surface area contributed by atoms with Gasteiger partial charge in [-0.15, -0.1) is 0 Å². The number of hydrogen-bond acceptors (Lipinski definition) is 14. The summed E-state index contributed by atoms with van der Waals surface area (Å²) in [5.41, 5.74) is 1.76. The third kappa shape index (κ3) is 3.97. The van der Waals surface area contributed by atoms with Gasteiger partial charge in [0, 0.05) is 0 Å². The van der Waals surface area contributed by atoms with Gasteiger partial charge < -0.3 is 35.3 Å². The Morgan fingerprint density at radius 3 is 2.45 bits per heavy atom. The molecule has 0 spiro atoms. The van der Waals surface area contributed by atoms with Gasteiger partial charge in [0.25, 0.3) is 11.1 Å². The van der Waals surface area contributed by atoms with Crippen molar-refractivity contribution in [3.05, 3.63) is 39.7 Å². The summed E-state index contributed by atoms with van der Waals surface area (Å²) in [6.45, 7) is -5.26. The maximum absolute atomic E-state index is 15.5. The fraction of sp³-hybridized carbons (Fsp3) is 0.500. The molecule has 3 aliphatic rings. The SMILES string of the molecule is Nc1nc2c(ncn2[C@@H]2O[C@H](CO)[C@@H](F)[C@H]2OP(O)(=S)OC2[C@H]3O[C@@H](n4cnc5c(=O)[nH]cnc54)[C@H](F)[C@@]23O)c(=O)[nH]1. The Hall–Kier alpha value is -3.27. The van der Waals surface area contributed by atoms with E-state index in [0.29, 0.717) is 0 Å². The molecule has 3 fully saturated rings. The number of rotatable bonds is 7. The minimum Gasteiger partial charge on any atom is -0.394 e. The quantitative estimate of drug-likeness (QED) is 0.121. The molecule has 42 heavy (non-hydrogen) atoms. The lowest BCUT2D eigenvalue weighted by Gasteiger charge is -2.27. The van der Waals surface area contributed by atoms with Crippen molar-refractivity contribution in [3.8, 4) is 0 Å². The predicted octanol–water partition coefficient (Wildman–Crippen LogP) is -1.97. The third-order valence-corrected chi connectivity index (χ3v) is 8.89. The van der Waals surface area contributed by atoms with Crippen molar-refractivity contribution in [3.63, 3.8) is 0 Å². The predicted molar refractivity (Wildman–Crippen MR) is 137 cm³/mol. The zero-order valence-corrected chi connectivity index (χ0v) is 22.4. The number of aromatic nitrogens is 8. The molecule has 2 aliphatic heterocycles. The Morgan fingerprint density at radius 2 is 1.79 bits per heavy atom. The second-order valence-corrected chi connectivity index (χ2v) is 12.6. The molecule has 224 valence electrons. The highest BCUT2D eigenvalue weighted by molar-refractivity contribution is 8.07. The fourth-order valence-corrected chi connectivity index (χ4v) is 7.02. The minimum absolute atomic E-state index is 0.00865. The molecule has 7 rings (SSSR count). The first-order chi connectivity index (χ1) is 19.9. The number of aliphatic hydroxyl groups is 2. The zero-order valence-electron chi connectivity index (χ0n) is 20.7. The molecule has 2 saturated heterocycles. The number of nitrogens with one attached hydrogen (secondary N) is 2. The second kappa shape index (κ2) is 9.36. The van der Waals surface area contributed by atoms with Crippen LogP contribution in [-0.4, -0.2) is 103 Å². The number of fused-ring (bicyclic) bond motifs is 3. The van der Waals surface area contributed by atoms with E-state index in [4.69, 9.17) is 36.1 Å². The average Bonchev–Trinajstić information content (AvgIpc) is 3.45. The van der Waals surface area contributed by atoms with Gasteiger partial charge in [-0.2, -0.15) is 4.98 Å². The summed E-state index contributed by atoms with van der Waals surface area (Å²) >= 11 is 5.07. The molecule has 4 aromatic rings. The van der Waals surface area contributed by atoms with Crippen LogP contribution in [-0.2, 0) is 30.3 Å². The van der Waals surface area contributed by atoms with E-state index in [2.05, 4.69) is 29.9 Å². The van der Waals surface area contributed by atoms with Gasteiger partial charge in [0.05, 0.1) is 25.6 Å². The van der Waals surface area contributed by atoms with Crippen LogP contribution in [0.2, 0.25) is 0 Å². The molecule has 6 heterocycles. The first-order valence-corrected chi connectivity index (χ1v) is 14.8. The number of aromatic amines is 2. The van der Waals surface area contributed by atoms with Crippen molar-refractivity contribution in [2.45, 2.75) is 54.8 Å². The van der Waals surface area contributed by atoms with Gasteiger partial charge in [0.2, 0.25) is 5.95 Å². The Labute approximate surface area is 235 Å². The van der Waals surface area contributed by atoms with Gasteiger partial charge in [0.15, 0.2) is 52.7 Å². The maximum Gasteiger partial charge on any atom is 0.325 e. The van der Waals surface area contributed by atoms with Crippen molar-refractivity contribution in [2.75, 3.05) is 12.3 Å². The van der Waals surface area contributed by atoms with Crippen molar-refractivity contribution >= 4 is 46.8 Å². The molecule has 0 amide bonds. The Kier molecular flexibility index (Phi) is 6.14. The molecule has 7 N–H and O–H groups in total. The first kappa shape index (κ1) is 27.6. The molecule has 22 heteroatoms. The van der Waals surface area contributed by atoms with E-state index in [1.807, 2.05) is 0 Å². The van der Waals surface area contributed by atoms with Crippen LogP contribution in [0, 0.1) is 0 Å². The smallest absolute Gasteiger partial charge is 0.325 e. The summed E-state index contributed by atoms with van der Waals surface area (Å²) in [4.78, 5) is 55.4. The van der Waals surface area contributed by atoms with Gasteiger partial charge in [-0.05, 0) is 11.8 Å². The van der Waals surface area contributed by atoms with E-state index in [1.165, 1.54) is 0 Å². The van der Waals surface area contributed by atoms with Crippen LogP contribution in [0.25, 0.3) is 22.3 Å². The number of alkyl halides is 2. The normalized spacial score (nSPS) is 35.5. The number of ether oxygens (including phenoxy) is 2. The van der Waals surface area contributed by atoms with Gasteiger partial charge in [-0.3, -0.25) is 32.8 Å². The molecule has 0 aromatic carbocycles. The topological polar surface area (TPSA) is 251 Å². The number of imidazole rings is 2. The summed E-state index contributed by atoms with van der Waals surface area (Å²) in [6.07, 6.45) is -9.81. The largest absolute Gasteiger partial charge is 0.394 e. The van der Waals surface area contributed by atoms with Crippen molar-refractivity contribution in [1.29, 1.82) is 0 Å². The standard InChI is InChI=1S/C20H20F2N9O9PS/c21-6-5(1-32)37-17(31-4-27-8-14(31)28-19(23)29-16(8)34)9(6)39-41(36,42)40-12-11-20(12,35)10(22)18(38-11)30-3-26-7-13(30)24-2-25-15(7)33/h2-6,9-12,17-18,32,35H,1H2,(H,36,42)(H,24,25,33)(H3,23,28,29,34)/t5-,6-,9-,10+,11-,12?,17-,18-,20+,41?/m1/s1. The van der Waals surface area contributed by atoms with Crippen LogP contribution in [0.1, 0.15) is 12.5 Å². The highest BCUT2D eigenvalue weighted by Crippen LogP contribution is 2.63. The molecule has 10 atom stereocenters. The lowest BCUT2D eigenvalue weighted by atomic mass is 10.1. The Balaban J connectivity index is 1.11. The summed E-state index contributed by atoms with van der Waals surface area (Å²) in [7, 11) is 0. The number of aliphatic hydroxyl groups excluding tert-OH is 1. The van der Waals surface area contributed by atoms with Crippen LogP contribution in [0.5, 0.6) is 0 Å². The van der Waals surface area contributed by atoms with E-state index in [0.717, 1.165) is 28.1 Å². The van der Waals surface area contributed by atoms with Gasteiger partial charge >= 0.3 is 6.72 Å². The molecule has 0 radical (unpaired) electrons. The number of nitrogen functional groups attached to an aromatic ring is 1. The summed E-state index contributed by atoms with van der Waals surface area (Å²) in [6, 6.07) is 0. The molecular formula is C20H20F2N9O9PS. The number of nitrogens with two attached hydrogens (primary N) is 1. The lowest BCUT2D eigenvalue weighted by Crippen LogP contribution is -2.35. The fourth-order valence-electron chi connectivity index (χ4n) is 5.30. The Morgan fingerprint density at radius 1 is 1.10 bits per heavy atom. The summed E-state index contributed by atoms with van der Waals surface area (Å²) in [5, 5.41) is 20.6. The third-order valence-electron chi connectivity index (χ3n) is 7.37. The molecule has 4 aromatic heterocycles. The number of halogens is 2. The van der Waals surface area contributed by atoms with Crippen molar-refractivity contribution in [1.82, 2.24) is 39.0 Å². The molecule has 2 unspecified atom stereocenters. The molecule has 1 saturated carbocycles. The van der Waals surface area contributed by atoms with Crippen LogP contribution in [0.15, 0.2) is 28.6 Å². The first-order valence-electron chi connectivity index (χ1n) is 12.2. The maximum atomic E-state index is 15.5. The van der Waals surface area contributed by atoms with Gasteiger partial charge in [-0.25, -0.2) is 23.7 Å². The van der Waals surface area contributed by atoms with E-state index >= 15 is 8.78 Å². The van der Waals surface area contributed by atoms with Gasteiger partial charge in [0.1, 0.15) is 24.4 Å². The number of anilines is 1. The van der Waals surface area contributed by atoms with Crippen LogP contribution in [0.4, 0.5) is 14.7 Å². The second-order valence-electron chi connectivity index (χ2n) is 9.82. The lowest BCUT2D eigenvalue weighted by molar-refractivity contribution is -0.0649. The van der Waals surface area contributed by atoms with E-state index in [1.54, 1.807) is 0 Å². The van der Waals surface area contributed by atoms with Crippen LogP contribution in [0.3, 0.4) is 0 Å². The molecule has 0 bridgehead atoms. The highest BCUT2D eigenvalue weighted by Gasteiger charge is 2.80.